The van der Waals surface area contributed by atoms with Crippen molar-refractivity contribution in [3.63, 3.8) is 0 Å². The number of carbonyl (C=O) groups excluding carboxylic acids is 2. The number of aldehydes is 2. The quantitative estimate of drug-likeness (QED) is 0.624. The molecule has 0 atom stereocenters. The number of aryl methyl sites for hydroxylation is 2. The van der Waals surface area contributed by atoms with E-state index in [1.54, 1.807) is 26.0 Å². The lowest BCUT2D eigenvalue weighted by Crippen LogP contribution is -2.33. The molecule has 2 aromatic carbocycles. The summed E-state index contributed by atoms with van der Waals surface area (Å²) in [6, 6.07) is 7.51. The number of phenolic OH excluding ortho intramolecular Hbond substituents is 2. The summed E-state index contributed by atoms with van der Waals surface area (Å²) in [6.45, 7) is 5.82. The third-order valence-corrected chi connectivity index (χ3v) is 6.67. The van der Waals surface area contributed by atoms with Gasteiger partial charge in [-0.15, -0.1) is 0 Å². The van der Waals surface area contributed by atoms with Crippen LogP contribution in [-0.2, 0) is 5.41 Å². The molecule has 0 amide bonds. The van der Waals surface area contributed by atoms with E-state index >= 15 is 0 Å². The summed E-state index contributed by atoms with van der Waals surface area (Å²) in [6.07, 6.45) is 7.71. The highest BCUT2D eigenvalue weighted by atomic mass is 16.3. The van der Waals surface area contributed by atoms with Crippen LogP contribution in [0.4, 0.5) is 0 Å². The Kier molecular flexibility index (Phi) is 6.11. The van der Waals surface area contributed by atoms with Crippen LogP contribution >= 0.6 is 0 Å². The highest BCUT2D eigenvalue weighted by molar-refractivity contribution is 5.82. The molecule has 29 heavy (non-hydrogen) atoms. The predicted molar refractivity (Wildman–Crippen MR) is 114 cm³/mol. The zero-order valence-electron chi connectivity index (χ0n) is 17.5. The van der Waals surface area contributed by atoms with Gasteiger partial charge in [-0.3, -0.25) is 9.59 Å². The molecular formula is C25H30O4. The predicted octanol–water partition coefficient (Wildman–Crippen LogP) is 5.62. The van der Waals surface area contributed by atoms with Gasteiger partial charge in [0, 0.05) is 5.41 Å². The van der Waals surface area contributed by atoms with Gasteiger partial charge in [0.1, 0.15) is 11.5 Å². The van der Waals surface area contributed by atoms with Crippen molar-refractivity contribution in [2.45, 2.75) is 64.7 Å². The van der Waals surface area contributed by atoms with Gasteiger partial charge in [-0.2, -0.15) is 0 Å². The van der Waals surface area contributed by atoms with E-state index in [1.807, 2.05) is 12.1 Å². The minimum absolute atomic E-state index is 0.0223. The van der Waals surface area contributed by atoms with Gasteiger partial charge >= 0.3 is 0 Å². The monoisotopic (exact) mass is 394 g/mol. The van der Waals surface area contributed by atoms with Crippen LogP contribution in [0.15, 0.2) is 24.3 Å². The molecule has 154 valence electrons. The van der Waals surface area contributed by atoms with E-state index in [2.05, 4.69) is 6.92 Å². The summed E-state index contributed by atoms with van der Waals surface area (Å²) in [4.78, 5) is 23.1. The molecule has 0 bridgehead atoms. The lowest BCUT2D eigenvalue weighted by molar-refractivity contribution is 0.111. The molecule has 2 aromatic rings. The molecule has 0 heterocycles. The maximum atomic E-state index is 11.6. The topological polar surface area (TPSA) is 74.6 Å². The van der Waals surface area contributed by atoms with Gasteiger partial charge in [0.15, 0.2) is 12.6 Å². The Morgan fingerprint density at radius 1 is 0.897 bits per heavy atom. The van der Waals surface area contributed by atoms with Crippen molar-refractivity contribution in [3.05, 3.63) is 57.6 Å². The fourth-order valence-electron chi connectivity index (χ4n) is 4.96. The van der Waals surface area contributed by atoms with Gasteiger partial charge in [-0.1, -0.05) is 31.9 Å². The van der Waals surface area contributed by atoms with E-state index in [-0.39, 0.29) is 16.9 Å². The first-order valence-electron chi connectivity index (χ1n) is 10.4. The van der Waals surface area contributed by atoms with E-state index < -0.39 is 0 Å². The van der Waals surface area contributed by atoms with E-state index in [0.29, 0.717) is 40.7 Å². The van der Waals surface area contributed by atoms with E-state index in [4.69, 9.17) is 0 Å². The van der Waals surface area contributed by atoms with E-state index in [1.165, 1.54) is 12.8 Å². The second kappa shape index (κ2) is 8.40. The van der Waals surface area contributed by atoms with Crippen molar-refractivity contribution in [1.29, 1.82) is 0 Å². The normalized spacial score (nSPS) is 16.5. The Labute approximate surface area is 172 Å². The Morgan fingerprint density at radius 3 is 1.72 bits per heavy atom. The summed E-state index contributed by atoms with van der Waals surface area (Å²) in [5.41, 5.74) is 3.56. The standard InChI is InChI=1S/C25H30O4/c1-4-5-18-6-8-25(9-7-18,21-10-16(2)23(28)19(12-21)14-26)22-11-17(3)24(29)20(13-22)15-27/h10-15,18,28-29H,4-9H2,1-3H3. The van der Waals surface area contributed by atoms with Gasteiger partial charge in [0.05, 0.1) is 11.1 Å². The fraction of sp³-hybridized carbons (Fsp3) is 0.440. The van der Waals surface area contributed by atoms with Crippen molar-refractivity contribution < 1.29 is 19.8 Å². The van der Waals surface area contributed by atoms with Crippen LogP contribution in [0.3, 0.4) is 0 Å². The average molecular weight is 395 g/mol. The van der Waals surface area contributed by atoms with Crippen LogP contribution in [0.5, 0.6) is 11.5 Å². The van der Waals surface area contributed by atoms with E-state index in [0.717, 1.165) is 36.8 Å². The van der Waals surface area contributed by atoms with Crippen LogP contribution in [-0.4, -0.2) is 22.8 Å². The number of hydrogen-bond acceptors (Lipinski definition) is 4. The Hall–Kier alpha value is -2.62. The zero-order valence-corrected chi connectivity index (χ0v) is 17.5. The molecule has 0 aliphatic heterocycles. The highest BCUT2D eigenvalue weighted by Gasteiger charge is 2.39. The van der Waals surface area contributed by atoms with E-state index in [9.17, 15) is 19.8 Å². The molecule has 1 fully saturated rings. The summed E-state index contributed by atoms with van der Waals surface area (Å²) < 4.78 is 0. The Morgan fingerprint density at radius 2 is 1.34 bits per heavy atom. The van der Waals surface area contributed by atoms with Gasteiger partial charge in [0.2, 0.25) is 0 Å². The summed E-state index contributed by atoms with van der Waals surface area (Å²) in [5, 5.41) is 20.5. The maximum absolute atomic E-state index is 11.6. The second-order valence-electron chi connectivity index (χ2n) is 8.51. The number of carbonyl (C=O) groups is 2. The molecular weight excluding hydrogens is 364 g/mol. The van der Waals surface area contributed by atoms with Gasteiger partial charge in [-0.05, 0) is 79.8 Å². The molecule has 3 rings (SSSR count). The second-order valence-corrected chi connectivity index (χ2v) is 8.51. The number of phenols is 2. The van der Waals surface area contributed by atoms with Crippen molar-refractivity contribution in [2.24, 2.45) is 5.92 Å². The first-order valence-corrected chi connectivity index (χ1v) is 10.4. The molecule has 0 radical (unpaired) electrons. The fourth-order valence-corrected chi connectivity index (χ4v) is 4.96. The number of aromatic hydroxyl groups is 2. The Balaban J connectivity index is 2.20. The lowest BCUT2D eigenvalue weighted by Gasteiger charge is -2.42. The van der Waals surface area contributed by atoms with Crippen LogP contribution in [0.2, 0.25) is 0 Å². The average Bonchev–Trinajstić information content (AvgIpc) is 2.72. The Bertz CT molecular complexity index is 855. The molecule has 0 saturated heterocycles. The molecule has 1 aliphatic rings. The number of hydrogen-bond donors (Lipinski definition) is 2. The lowest BCUT2D eigenvalue weighted by atomic mass is 9.62. The number of benzene rings is 2. The molecule has 4 heteroatoms. The smallest absolute Gasteiger partial charge is 0.153 e. The third-order valence-electron chi connectivity index (χ3n) is 6.67. The molecule has 0 spiro atoms. The van der Waals surface area contributed by atoms with Crippen LogP contribution in [0, 0.1) is 19.8 Å². The summed E-state index contributed by atoms with van der Waals surface area (Å²) >= 11 is 0. The first kappa shape index (κ1) is 21.1. The molecule has 0 unspecified atom stereocenters. The molecule has 4 nitrogen and oxygen atoms in total. The zero-order chi connectivity index (χ0) is 21.2. The first-order chi connectivity index (χ1) is 13.9. The molecule has 0 aromatic heterocycles. The minimum Gasteiger partial charge on any atom is -0.507 e. The van der Waals surface area contributed by atoms with Gasteiger partial charge in [0.25, 0.3) is 0 Å². The van der Waals surface area contributed by atoms with Crippen molar-refractivity contribution >= 4 is 12.6 Å². The summed E-state index contributed by atoms with van der Waals surface area (Å²) in [5.74, 6) is 0.726. The highest BCUT2D eigenvalue weighted by Crippen LogP contribution is 2.49. The summed E-state index contributed by atoms with van der Waals surface area (Å²) in [7, 11) is 0. The van der Waals surface area contributed by atoms with Crippen molar-refractivity contribution in [3.8, 4) is 11.5 Å². The maximum Gasteiger partial charge on any atom is 0.153 e. The SMILES string of the molecule is CCCC1CCC(c2cc(C)c(O)c(C=O)c2)(c2cc(C)c(O)c(C=O)c2)CC1. The van der Waals surface area contributed by atoms with Gasteiger partial charge in [-0.25, -0.2) is 0 Å². The third kappa shape index (κ3) is 3.81. The van der Waals surface area contributed by atoms with Crippen LogP contribution in [0.1, 0.15) is 88.4 Å². The molecule has 2 N–H and O–H groups in total. The number of rotatable bonds is 6. The van der Waals surface area contributed by atoms with Crippen molar-refractivity contribution in [1.82, 2.24) is 0 Å². The molecule has 1 aliphatic carbocycles. The van der Waals surface area contributed by atoms with Gasteiger partial charge < -0.3 is 10.2 Å². The van der Waals surface area contributed by atoms with Crippen molar-refractivity contribution in [2.75, 3.05) is 0 Å². The van der Waals surface area contributed by atoms with Crippen LogP contribution in [0.25, 0.3) is 0 Å². The molecule has 1 saturated carbocycles. The minimum atomic E-state index is -0.351. The largest absolute Gasteiger partial charge is 0.507 e. The van der Waals surface area contributed by atoms with Crippen LogP contribution < -0.4 is 0 Å².